The minimum Gasteiger partial charge on any atom is -0.491 e. The number of hydrogen-bond donors (Lipinski definition) is 2. The van der Waals surface area contributed by atoms with Crippen LogP contribution in [0.3, 0.4) is 0 Å². The molecule has 1 aromatic carbocycles. The number of likely N-dealkylation sites (N-methyl/N-ethyl adjacent to an activating group) is 1. The van der Waals surface area contributed by atoms with Crippen molar-refractivity contribution >= 4 is 0 Å². The Morgan fingerprint density at radius 2 is 1.74 bits per heavy atom. The van der Waals surface area contributed by atoms with Gasteiger partial charge in [-0.25, -0.2) is 0 Å². The third kappa shape index (κ3) is 6.14. The lowest BCUT2D eigenvalue weighted by Gasteiger charge is -2.37. The van der Waals surface area contributed by atoms with Gasteiger partial charge in [0.25, 0.3) is 0 Å². The van der Waals surface area contributed by atoms with Gasteiger partial charge in [0.2, 0.25) is 0 Å². The highest BCUT2D eigenvalue weighted by Crippen LogP contribution is 2.21. The number of ether oxygens (including phenoxy) is 2. The zero-order chi connectivity index (χ0) is 19.1. The fourth-order valence-electron chi connectivity index (χ4n) is 3.82. The molecule has 27 heavy (non-hydrogen) atoms. The molecular formula is C20H33N3O4. The first-order valence-corrected chi connectivity index (χ1v) is 9.89. The second kappa shape index (κ2) is 10.4. The van der Waals surface area contributed by atoms with Crippen LogP contribution in [0.15, 0.2) is 24.3 Å². The summed E-state index contributed by atoms with van der Waals surface area (Å²) >= 11 is 0. The third-order valence-corrected chi connectivity index (χ3v) is 5.40. The molecule has 0 amide bonds. The minimum absolute atomic E-state index is 0.0373. The molecule has 0 spiro atoms. The van der Waals surface area contributed by atoms with E-state index >= 15 is 0 Å². The summed E-state index contributed by atoms with van der Waals surface area (Å²) in [6.07, 6.45) is -0.269. The van der Waals surface area contributed by atoms with Gasteiger partial charge in [0.15, 0.2) is 0 Å². The maximum absolute atomic E-state index is 10.5. The standard InChI is InChI=1S/C20H33N3O4/c1-21-6-8-23(9-7-21)19-15-22(16-20(19)25)14-17-2-4-18(5-3-17)27-13-12-26-11-10-24/h2-5,19-20,24-25H,6-16H2,1H3/t19-,20+/m1/s1. The van der Waals surface area contributed by atoms with E-state index in [1.54, 1.807) is 0 Å². The van der Waals surface area contributed by atoms with Gasteiger partial charge in [-0.3, -0.25) is 9.80 Å². The lowest BCUT2D eigenvalue weighted by molar-refractivity contribution is 0.0512. The fourth-order valence-corrected chi connectivity index (χ4v) is 3.82. The van der Waals surface area contributed by atoms with Gasteiger partial charge in [-0.2, -0.15) is 0 Å². The van der Waals surface area contributed by atoms with Crippen molar-refractivity contribution in [3.8, 4) is 5.75 Å². The molecule has 2 saturated heterocycles. The number of hydrogen-bond acceptors (Lipinski definition) is 7. The van der Waals surface area contributed by atoms with Crippen LogP contribution in [0.2, 0.25) is 0 Å². The molecule has 2 N–H and O–H groups in total. The van der Waals surface area contributed by atoms with Crippen LogP contribution in [0.5, 0.6) is 5.75 Å². The Morgan fingerprint density at radius 3 is 2.44 bits per heavy atom. The number of aliphatic hydroxyl groups is 2. The second-order valence-corrected chi connectivity index (χ2v) is 7.50. The fraction of sp³-hybridized carbons (Fsp3) is 0.700. The van der Waals surface area contributed by atoms with Gasteiger partial charge >= 0.3 is 0 Å². The van der Waals surface area contributed by atoms with Crippen molar-refractivity contribution in [3.63, 3.8) is 0 Å². The average molecular weight is 380 g/mol. The van der Waals surface area contributed by atoms with E-state index in [0.717, 1.165) is 51.6 Å². The molecule has 152 valence electrons. The van der Waals surface area contributed by atoms with E-state index < -0.39 is 0 Å². The number of benzene rings is 1. The quantitative estimate of drug-likeness (QED) is 0.579. The Balaban J connectivity index is 1.42. The van der Waals surface area contributed by atoms with Crippen LogP contribution >= 0.6 is 0 Å². The summed E-state index contributed by atoms with van der Waals surface area (Å²) < 4.78 is 10.8. The molecule has 2 aliphatic rings. The van der Waals surface area contributed by atoms with Crippen LogP contribution < -0.4 is 4.74 Å². The van der Waals surface area contributed by atoms with E-state index in [-0.39, 0.29) is 18.8 Å². The van der Waals surface area contributed by atoms with Gasteiger partial charge in [-0.1, -0.05) is 12.1 Å². The molecule has 0 aliphatic carbocycles. The van der Waals surface area contributed by atoms with Crippen LogP contribution in [0.1, 0.15) is 5.56 Å². The lowest BCUT2D eigenvalue weighted by atomic mass is 10.1. The number of nitrogens with zero attached hydrogens (tertiary/aromatic N) is 3. The van der Waals surface area contributed by atoms with Crippen LogP contribution in [0.25, 0.3) is 0 Å². The van der Waals surface area contributed by atoms with Gasteiger partial charge in [0, 0.05) is 51.9 Å². The normalized spacial score (nSPS) is 25.1. The number of aliphatic hydroxyl groups excluding tert-OH is 2. The number of β-amino-alcohol motifs (C(OH)–C–C–N with tert-alkyl or cyclic N) is 1. The van der Waals surface area contributed by atoms with E-state index in [4.69, 9.17) is 14.6 Å². The molecule has 2 atom stereocenters. The van der Waals surface area contributed by atoms with Crippen molar-refractivity contribution < 1.29 is 19.7 Å². The van der Waals surface area contributed by atoms with Crippen molar-refractivity contribution in [2.75, 3.05) is 72.7 Å². The Labute approximate surface area is 162 Å². The lowest BCUT2D eigenvalue weighted by Crippen LogP contribution is -2.52. The predicted octanol–water partition coefficient (Wildman–Crippen LogP) is -0.133. The highest BCUT2D eigenvalue weighted by molar-refractivity contribution is 5.27. The second-order valence-electron chi connectivity index (χ2n) is 7.50. The zero-order valence-electron chi connectivity index (χ0n) is 16.3. The van der Waals surface area contributed by atoms with Crippen LogP contribution in [0.4, 0.5) is 0 Å². The molecule has 0 unspecified atom stereocenters. The summed E-state index contributed by atoms with van der Waals surface area (Å²) in [5.41, 5.74) is 1.23. The van der Waals surface area contributed by atoms with Crippen LogP contribution in [-0.4, -0.2) is 110 Å². The SMILES string of the molecule is CN1CCN([C@@H]2CN(Cc3ccc(OCCOCCO)cc3)C[C@@H]2O)CC1. The molecular weight excluding hydrogens is 346 g/mol. The molecule has 2 fully saturated rings. The van der Waals surface area contributed by atoms with E-state index in [0.29, 0.717) is 19.8 Å². The van der Waals surface area contributed by atoms with E-state index in [2.05, 4.69) is 33.9 Å². The minimum atomic E-state index is -0.269. The van der Waals surface area contributed by atoms with Crippen molar-refractivity contribution in [1.82, 2.24) is 14.7 Å². The molecule has 0 aromatic heterocycles. The molecule has 3 rings (SSSR count). The molecule has 0 radical (unpaired) electrons. The van der Waals surface area contributed by atoms with Gasteiger partial charge in [0.05, 0.1) is 25.9 Å². The van der Waals surface area contributed by atoms with Gasteiger partial charge in [-0.15, -0.1) is 0 Å². The van der Waals surface area contributed by atoms with Crippen LogP contribution in [0, 0.1) is 0 Å². The Kier molecular flexibility index (Phi) is 7.87. The summed E-state index contributed by atoms with van der Waals surface area (Å²) in [7, 11) is 2.16. The molecule has 0 saturated carbocycles. The summed E-state index contributed by atoms with van der Waals surface area (Å²) in [5, 5.41) is 19.2. The molecule has 2 heterocycles. The summed E-state index contributed by atoms with van der Waals surface area (Å²) in [6.45, 7) is 8.08. The summed E-state index contributed by atoms with van der Waals surface area (Å²) in [6, 6.07) is 8.37. The van der Waals surface area contributed by atoms with E-state index in [9.17, 15) is 5.11 Å². The molecule has 1 aromatic rings. The average Bonchev–Trinajstić information content (AvgIpc) is 3.04. The first-order valence-electron chi connectivity index (χ1n) is 9.89. The molecule has 2 aliphatic heterocycles. The zero-order valence-corrected chi connectivity index (χ0v) is 16.3. The van der Waals surface area contributed by atoms with Crippen molar-refractivity contribution in [1.29, 1.82) is 0 Å². The number of piperazine rings is 1. The van der Waals surface area contributed by atoms with Gasteiger partial charge in [-0.05, 0) is 24.7 Å². The first kappa shape index (κ1) is 20.5. The smallest absolute Gasteiger partial charge is 0.119 e. The monoisotopic (exact) mass is 379 g/mol. The van der Waals surface area contributed by atoms with Crippen LogP contribution in [-0.2, 0) is 11.3 Å². The van der Waals surface area contributed by atoms with Crippen molar-refractivity contribution in [3.05, 3.63) is 29.8 Å². The highest BCUT2D eigenvalue weighted by Gasteiger charge is 2.36. The Bertz CT molecular complexity index is 549. The Hall–Kier alpha value is -1.22. The topological polar surface area (TPSA) is 68.6 Å². The predicted molar refractivity (Wildman–Crippen MR) is 104 cm³/mol. The largest absolute Gasteiger partial charge is 0.491 e. The summed E-state index contributed by atoms with van der Waals surface area (Å²) in [4.78, 5) is 7.13. The van der Waals surface area contributed by atoms with Gasteiger partial charge < -0.3 is 24.6 Å². The number of likely N-dealkylation sites (tertiary alicyclic amines) is 1. The van der Waals surface area contributed by atoms with E-state index in [1.165, 1.54) is 5.56 Å². The molecule has 0 bridgehead atoms. The maximum atomic E-state index is 10.5. The van der Waals surface area contributed by atoms with Crippen molar-refractivity contribution in [2.24, 2.45) is 0 Å². The number of rotatable bonds is 9. The third-order valence-electron chi connectivity index (χ3n) is 5.40. The van der Waals surface area contributed by atoms with E-state index in [1.807, 2.05) is 12.1 Å². The van der Waals surface area contributed by atoms with Gasteiger partial charge in [0.1, 0.15) is 12.4 Å². The summed E-state index contributed by atoms with van der Waals surface area (Å²) in [5.74, 6) is 0.822. The molecule has 7 heteroatoms. The van der Waals surface area contributed by atoms with Crippen molar-refractivity contribution in [2.45, 2.75) is 18.7 Å². The highest BCUT2D eigenvalue weighted by atomic mass is 16.5. The first-order chi connectivity index (χ1) is 13.2. The Morgan fingerprint density at radius 1 is 1.00 bits per heavy atom. The maximum Gasteiger partial charge on any atom is 0.119 e. The molecule has 7 nitrogen and oxygen atoms in total.